The fraction of sp³-hybridized carbons (Fsp3) is 0.800. The van der Waals surface area contributed by atoms with Crippen molar-refractivity contribution in [3.05, 3.63) is 11.1 Å². The van der Waals surface area contributed by atoms with Crippen LogP contribution in [0.3, 0.4) is 0 Å². The van der Waals surface area contributed by atoms with Gasteiger partial charge in [0.2, 0.25) is 0 Å². The Kier molecular flexibility index (Phi) is 8.09. The highest BCUT2D eigenvalue weighted by Crippen LogP contribution is 2.20. The van der Waals surface area contributed by atoms with E-state index >= 15 is 0 Å². The first-order valence-electron chi connectivity index (χ1n) is 4.98. The Labute approximate surface area is 88.8 Å². The number of halogens is 3. The van der Waals surface area contributed by atoms with Gasteiger partial charge in [0.1, 0.15) is 5.03 Å². The topological polar surface area (TPSA) is 20.2 Å². The fourth-order valence-corrected chi connectivity index (χ4v) is 1.30. The monoisotopic (exact) mass is 226 g/mol. The first kappa shape index (κ1) is 13.8. The largest absolute Gasteiger partial charge is 0.387 e. The van der Waals surface area contributed by atoms with Crippen molar-refractivity contribution in [1.82, 2.24) is 0 Å². The van der Waals surface area contributed by atoms with Crippen LogP contribution in [0.25, 0.3) is 0 Å². The summed E-state index contributed by atoms with van der Waals surface area (Å²) in [6.07, 6.45) is 2.23. The Hall–Kier alpha value is -0.150. The molecule has 0 spiro atoms. The molecule has 1 nitrogen and oxygen atoms in total. The van der Waals surface area contributed by atoms with E-state index < -0.39 is 17.2 Å². The fourth-order valence-electron chi connectivity index (χ4n) is 1.19. The normalized spacial score (nSPS) is 12.6. The summed E-state index contributed by atoms with van der Waals surface area (Å²) in [6.45, 7) is 2.10. The number of hydrogen-bond donors (Lipinski definition) is 1. The molecule has 1 unspecified atom stereocenters. The van der Waals surface area contributed by atoms with Crippen LogP contribution in [0, 0.1) is 0 Å². The Morgan fingerprint density at radius 3 is 2.29 bits per heavy atom. The van der Waals surface area contributed by atoms with E-state index in [-0.39, 0.29) is 0 Å². The zero-order chi connectivity index (χ0) is 11.0. The van der Waals surface area contributed by atoms with Gasteiger partial charge in [-0.15, -0.1) is 0 Å². The van der Waals surface area contributed by atoms with E-state index in [0.29, 0.717) is 6.42 Å². The molecule has 0 aliphatic rings. The Morgan fingerprint density at radius 2 is 1.79 bits per heavy atom. The maximum atomic E-state index is 11.9. The van der Waals surface area contributed by atoms with Gasteiger partial charge in [0.15, 0.2) is 0 Å². The van der Waals surface area contributed by atoms with Crippen LogP contribution in [0.4, 0.5) is 8.78 Å². The molecule has 0 aromatic carbocycles. The van der Waals surface area contributed by atoms with Crippen LogP contribution >= 0.6 is 11.6 Å². The number of unbranched alkanes of at least 4 members (excludes halogenated alkanes) is 4. The molecule has 4 heteroatoms. The van der Waals surface area contributed by atoms with Crippen molar-refractivity contribution in [2.45, 2.75) is 51.6 Å². The summed E-state index contributed by atoms with van der Waals surface area (Å²) in [5.74, 6) is 0. The summed E-state index contributed by atoms with van der Waals surface area (Å²) in [7, 11) is 0. The summed E-state index contributed by atoms with van der Waals surface area (Å²) in [5.41, 5.74) is 0. The van der Waals surface area contributed by atoms with Crippen molar-refractivity contribution in [2.75, 3.05) is 0 Å². The SMILES string of the molecule is CCCCCCCC(O)C(Cl)=C(F)F. The molecule has 0 amide bonds. The zero-order valence-corrected chi connectivity index (χ0v) is 9.16. The van der Waals surface area contributed by atoms with Crippen LogP contribution in [-0.4, -0.2) is 11.2 Å². The Bertz CT molecular complexity index is 179. The van der Waals surface area contributed by atoms with Gasteiger partial charge in [0.25, 0.3) is 6.08 Å². The molecule has 0 aromatic heterocycles. The molecule has 0 saturated heterocycles. The molecule has 0 bridgehead atoms. The van der Waals surface area contributed by atoms with Gasteiger partial charge in [-0.25, -0.2) is 0 Å². The van der Waals surface area contributed by atoms with Gasteiger partial charge in [0.05, 0.1) is 6.10 Å². The lowest BCUT2D eigenvalue weighted by Gasteiger charge is -2.07. The summed E-state index contributed by atoms with van der Waals surface area (Å²) >= 11 is 5.19. The minimum atomic E-state index is -1.98. The highest BCUT2D eigenvalue weighted by molar-refractivity contribution is 6.30. The van der Waals surface area contributed by atoms with Crippen LogP contribution in [0.2, 0.25) is 0 Å². The highest BCUT2D eigenvalue weighted by atomic mass is 35.5. The lowest BCUT2D eigenvalue weighted by Crippen LogP contribution is -2.07. The molecule has 0 rings (SSSR count). The average Bonchev–Trinajstić information content (AvgIpc) is 2.16. The first-order valence-corrected chi connectivity index (χ1v) is 5.36. The second kappa shape index (κ2) is 8.18. The van der Waals surface area contributed by atoms with E-state index in [1.165, 1.54) is 0 Å². The lowest BCUT2D eigenvalue weighted by molar-refractivity contribution is 0.195. The van der Waals surface area contributed by atoms with E-state index in [2.05, 4.69) is 6.92 Å². The number of aliphatic hydroxyl groups is 1. The molecular formula is C10H17ClF2O. The van der Waals surface area contributed by atoms with Crippen molar-refractivity contribution in [2.24, 2.45) is 0 Å². The third-order valence-corrected chi connectivity index (χ3v) is 2.45. The van der Waals surface area contributed by atoms with Crippen molar-refractivity contribution in [3.8, 4) is 0 Å². The number of rotatable bonds is 7. The molecule has 0 aromatic rings. The molecule has 0 aliphatic carbocycles. The smallest absolute Gasteiger partial charge is 0.287 e. The standard InChI is InChI=1S/C10H17ClF2O/c1-2-3-4-5-6-7-8(14)9(11)10(12)13/h8,14H,2-7H2,1H3. The van der Waals surface area contributed by atoms with Gasteiger partial charge >= 0.3 is 0 Å². The van der Waals surface area contributed by atoms with E-state index in [9.17, 15) is 13.9 Å². The summed E-state index contributed by atoms with van der Waals surface area (Å²) < 4.78 is 23.8. The van der Waals surface area contributed by atoms with Crippen LogP contribution in [0.5, 0.6) is 0 Å². The third kappa shape index (κ3) is 6.33. The molecule has 1 N–H and O–H groups in total. The predicted octanol–water partition coefficient (Wildman–Crippen LogP) is 4.05. The van der Waals surface area contributed by atoms with E-state index in [4.69, 9.17) is 11.6 Å². The minimum absolute atomic E-state index is 0.319. The van der Waals surface area contributed by atoms with Gasteiger partial charge in [-0.3, -0.25) is 0 Å². The maximum Gasteiger partial charge on any atom is 0.287 e. The predicted molar refractivity (Wildman–Crippen MR) is 54.5 cm³/mol. The maximum absolute atomic E-state index is 11.9. The van der Waals surface area contributed by atoms with Crippen LogP contribution in [0.15, 0.2) is 11.1 Å². The van der Waals surface area contributed by atoms with Crippen LogP contribution in [0.1, 0.15) is 45.4 Å². The van der Waals surface area contributed by atoms with Crippen molar-refractivity contribution >= 4 is 11.6 Å². The van der Waals surface area contributed by atoms with Gasteiger partial charge in [-0.1, -0.05) is 50.6 Å². The molecule has 84 valence electrons. The van der Waals surface area contributed by atoms with Crippen molar-refractivity contribution in [1.29, 1.82) is 0 Å². The lowest BCUT2D eigenvalue weighted by atomic mass is 10.1. The van der Waals surface area contributed by atoms with Crippen molar-refractivity contribution < 1.29 is 13.9 Å². The molecule has 0 heterocycles. The Morgan fingerprint density at radius 1 is 1.21 bits per heavy atom. The molecule has 0 radical (unpaired) electrons. The Balaban J connectivity index is 3.54. The average molecular weight is 227 g/mol. The van der Waals surface area contributed by atoms with Crippen LogP contribution < -0.4 is 0 Å². The highest BCUT2D eigenvalue weighted by Gasteiger charge is 2.13. The summed E-state index contributed by atoms with van der Waals surface area (Å²) in [6, 6.07) is 0. The van der Waals surface area contributed by atoms with Gasteiger partial charge in [0, 0.05) is 0 Å². The first-order chi connectivity index (χ1) is 6.59. The van der Waals surface area contributed by atoms with Gasteiger partial charge in [-0.05, 0) is 6.42 Å². The third-order valence-electron chi connectivity index (χ3n) is 2.05. The molecule has 1 atom stereocenters. The summed E-state index contributed by atoms with van der Waals surface area (Å²) in [4.78, 5) is 0. The quantitative estimate of drug-likeness (QED) is 0.650. The van der Waals surface area contributed by atoms with Crippen LogP contribution in [-0.2, 0) is 0 Å². The molecule has 0 saturated carbocycles. The second-order valence-electron chi connectivity index (χ2n) is 3.33. The number of hydrogen-bond acceptors (Lipinski definition) is 1. The number of aliphatic hydroxyl groups excluding tert-OH is 1. The van der Waals surface area contributed by atoms with Gasteiger partial charge in [-0.2, -0.15) is 8.78 Å². The molecule has 0 fully saturated rings. The van der Waals surface area contributed by atoms with E-state index in [1.54, 1.807) is 0 Å². The van der Waals surface area contributed by atoms with E-state index in [1.807, 2.05) is 0 Å². The molecule has 0 aliphatic heterocycles. The van der Waals surface area contributed by atoms with Gasteiger partial charge < -0.3 is 5.11 Å². The zero-order valence-electron chi connectivity index (χ0n) is 8.40. The summed E-state index contributed by atoms with van der Waals surface area (Å²) in [5, 5.41) is 8.47. The van der Waals surface area contributed by atoms with E-state index in [0.717, 1.165) is 32.1 Å². The molecule has 14 heavy (non-hydrogen) atoms. The second-order valence-corrected chi connectivity index (χ2v) is 3.73. The molecular weight excluding hydrogens is 210 g/mol. The van der Waals surface area contributed by atoms with Crippen molar-refractivity contribution in [3.63, 3.8) is 0 Å². The minimum Gasteiger partial charge on any atom is -0.387 e.